The van der Waals surface area contributed by atoms with Crippen LogP contribution >= 0.6 is 11.3 Å². The molecule has 2 N–H and O–H groups in total. The molecule has 5 rings (SSSR count). The SMILES string of the molecule is Cc1nc(CN)sc1-c1nc(C2CN3CCN2CC3)no1. The average Bonchev–Trinajstić information content (AvgIpc) is 3.14. The van der Waals surface area contributed by atoms with Crippen molar-refractivity contribution in [3.8, 4) is 10.8 Å². The van der Waals surface area contributed by atoms with E-state index in [2.05, 4.69) is 24.9 Å². The fraction of sp³-hybridized carbons (Fsp3) is 0.615. The molecule has 3 aliphatic rings. The third-order valence-corrected chi connectivity index (χ3v) is 5.40. The number of rotatable bonds is 3. The van der Waals surface area contributed by atoms with Gasteiger partial charge in [-0.25, -0.2) is 4.98 Å². The van der Waals surface area contributed by atoms with Gasteiger partial charge in [0.2, 0.25) is 0 Å². The van der Waals surface area contributed by atoms with E-state index in [4.69, 9.17) is 10.3 Å². The molecule has 21 heavy (non-hydrogen) atoms. The Bertz CT molecular complexity index is 645. The Hall–Kier alpha value is -1.35. The maximum atomic E-state index is 5.64. The molecular weight excluding hydrogens is 288 g/mol. The molecule has 112 valence electrons. The van der Waals surface area contributed by atoms with Crippen molar-refractivity contribution in [1.29, 1.82) is 0 Å². The first kappa shape index (κ1) is 13.3. The second-order valence-corrected chi connectivity index (χ2v) is 6.62. The summed E-state index contributed by atoms with van der Waals surface area (Å²) >= 11 is 1.53. The predicted molar refractivity (Wildman–Crippen MR) is 78.8 cm³/mol. The van der Waals surface area contributed by atoms with Crippen molar-refractivity contribution >= 4 is 11.3 Å². The molecule has 3 fully saturated rings. The first-order valence-electron chi connectivity index (χ1n) is 7.21. The van der Waals surface area contributed by atoms with Crippen LogP contribution in [0.1, 0.15) is 22.6 Å². The number of nitrogens with zero attached hydrogens (tertiary/aromatic N) is 5. The third kappa shape index (κ3) is 2.28. The molecule has 0 spiro atoms. The fourth-order valence-corrected chi connectivity index (χ4v) is 3.93. The predicted octanol–water partition coefficient (Wildman–Crippen LogP) is 0.633. The van der Waals surface area contributed by atoms with Crippen LogP contribution < -0.4 is 5.73 Å². The number of piperazine rings is 3. The third-order valence-electron chi connectivity index (χ3n) is 4.23. The minimum atomic E-state index is 0.257. The van der Waals surface area contributed by atoms with Crippen molar-refractivity contribution in [2.75, 3.05) is 32.7 Å². The Labute approximate surface area is 126 Å². The van der Waals surface area contributed by atoms with Crippen molar-refractivity contribution in [3.63, 3.8) is 0 Å². The number of aryl methyl sites for hydroxylation is 1. The Kier molecular flexibility index (Phi) is 3.26. The number of hydrogen-bond donors (Lipinski definition) is 1. The molecule has 5 heterocycles. The molecule has 0 radical (unpaired) electrons. The number of hydrogen-bond acceptors (Lipinski definition) is 8. The standard InChI is InChI=1S/C13H18N6OS/c1-8-11(21-10(6-14)15-8)13-16-12(17-20-13)9-7-18-2-4-19(9)5-3-18/h9H,2-7,14H2,1H3. The lowest BCUT2D eigenvalue weighted by atomic mass is 10.1. The molecule has 2 aromatic rings. The van der Waals surface area contributed by atoms with Gasteiger partial charge >= 0.3 is 0 Å². The van der Waals surface area contributed by atoms with Crippen molar-refractivity contribution < 1.29 is 4.52 Å². The van der Waals surface area contributed by atoms with Crippen LogP contribution in [0, 0.1) is 6.92 Å². The number of nitrogens with two attached hydrogens (primary N) is 1. The first-order valence-corrected chi connectivity index (χ1v) is 8.03. The number of thiazole rings is 1. The van der Waals surface area contributed by atoms with Crippen LogP contribution in [0.15, 0.2) is 4.52 Å². The lowest BCUT2D eigenvalue weighted by molar-refractivity contribution is 0.00781. The van der Waals surface area contributed by atoms with Crippen LogP contribution in [0.2, 0.25) is 0 Å². The van der Waals surface area contributed by atoms with Crippen molar-refractivity contribution in [3.05, 3.63) is 16.5 Å². The van der Waals surface area contributed by atoms with Gasteiger partial charge in [-0.15, -0.1) is 11.3 Å². The zero-order chi connectivity index (χ0) is 14.4. The minimum absolute atomic E-state index is 0.257. The van der Waals surface area contributed by atoms with Crippen molar-refractivity contribution in [1.82, 2.24) is 24.9 Å². The normalized spacial score (nSPS) is 28.2. The zero-order valence-electron chi connectivity index (χ0n) is 11.9. The Morgan fingerprint density at radius 2 is 2.10 bits per heavy atom. The van der Waals surface area contributed by atoms with E-state index in [1.165, 1.54) is 11.3 Å². The molecule has 7 nitrogen and oxygen atoms in total. The maximum Gasteiger partial charge on any atom is 0.269 e. The molecule has 2 bridgehead atoms. The second kappa shape index (κ2) is 5.13. The first-order chi connectivity index (χ1) is 10.2. The topological polar surface area (TPSA) is 84.3 Å². The van der Waals surface area contributed by atoms with E-state index in [1.54, 1.807) is 0 Å². The number of fused-ring (bicyclic) bond motifs is 3. The summed E-state index contributed by atoms with van der Waals surface area (Å²) in [5, 5.41) is 5.10. The van der Waals surface area contributed by atoms with Gasteiger partial charge in [0.1, 0.15) is 9.88 Å². The lowest BCUT2D eigenvalue weighted by Gasteiger charge is -2.46. The van der Waals surface area contributed by atoms with Gasteiger partial charge in [-0.3, -0.25) is 9.80 Å². The van der Waals surface area contributed by atoms with Crippen LogP contribution in [0.3, 0.4) is 0 Å². The van der Waals surface area contributed by atoms with E-state index in [0.29, 0.717) is 12.4 Å². The van der Waals surface area contributed by atoms with Gasteiger partial charge in [0, 0.05) is 39.3 Å². The van der Waals surface area contributed by atoms with Gasteiger partial charge in [0.15, 0.2) is 5.82 Å². The summed E-state index contributed by atoms with van der Waals surface area (Å²) in [5.74, 6) is 1.36. The molecule has 0 saturated carbocycles. The van der Waals surface area contributed by atoms with Gasteiger partial charge in [-0.05, 0) is 6.92 Å². The van der Waals surface area contributed by atoms with Crippen LogP contribution in [-0.4, -0.2) is 57.6 Å². The molecule has 3 aliphatic heterocycles. The van der Waals surface area contributed by atoms with Gasteiger partial charge in [-0.1, -0.05) is 5.16 Å². The van der Waals surface area contributed by atoms with Gasteiger partial charge in [-0.2, -0.15) is 4.98 Å². The summed E-state index contributed by atoms with van der Waals surface area (Å²) in [7, 11) is 0. The molecule has 2 aromatic heterocycles. The molecule has 1 unspecified atom stereocenters. The summed E-state index contributed by atoms with van der Waals surface area (Å²) in [6.07, 6.45) is 0. The highest BCUT2D eigenvalue weighted by atomic mass is 32.1. The molecule has 0 aliphatic carbocycles. The Balaban J connectivity index is 1.62. The summed E-state index contributed by atoms with van der Waals surface area (Å²) < 4.78 is 5.47. The Morgan fingerprint density at radius 3 is 2.71 bits per heavy atom. The molecular formula is C13H18N6OS. The molecule has 8 heteroatoms. The maximum absolute atomic E-state index is 5.64. The van der Waals surface area contributed by atoms with E-state index in [-0.39, 0.29) is 6.04 Å². The smallest absolute Gasteiger partial charge is 0.269 e. The molecule has 0 amide bonds. The summed E-state index contributed by atoms with van der Waals surface area (Å²) in [4.78, 5) is 14.9. The van der Waals surface area contributed by atoms with E-state index < -0.39 is 0 Å². The van der Waals surface area contributed by atoms with Crippen LogP contribution in [0.4, 0.5) is 0 Å². The monoisotopic (exact) mass is 306 g/mol. The Morgan fingerprint density at radius 1 is 1.29 bits per heavy atom. The van der Waals surface area contributed by atoms with Gasteiger partial charge in [0.05, 0.1) is 11.7 Å². The lowest BCUT2D eigenvalue weighted by Crippen LogP contribution is -2.57. The highest BCUT2D eigenvalue weighted by Crippen LogP contribution is 2.32. The van der Waals surface area contributed by atoms with Crippen LogP contribution in [-0.2, 0) is 6.54 Å². The molecule has 1 atom stereocenters. The minimum Gasteiger partial charge on any atom is -0.333 e. The quantitative estimate of drug-likeness (QED) is 0.890. The fourth-order valence-electron chi connectivity index (χ4n) is 3.06. The van der Waals surface area contributed by atoms with Crippen LogP contribution in [0.25, 0.3) is 10.8 Å². The summed E-state index contributed by atoms with van der Waals surface area (Å²) in [6.45, 7) is 7.86. The average molecular weight is 306 g/mol. The van der Waals surface area contributed by atoms with E-state index in [0.717, 1.165) is 54.1 Å². The second-order valence-electron chi connectivity index (χ2n) is 5.54. The summed E-state index contributed by atoms with van der Waals surface area (Å²) in [5.41, 5.74) is 6.55. The van der Waals surface area contributed by atoms with Crippen molar-refractivity contribution in [2.24, 2.45) is 5.73 Å². The summed E-state index contributed by atoms with van der Waals surface area (Å²) in [6, 6.07) is 0.257. The van der Waals surface area contributed by atoms with E-state index in [9.17, 15) is 0 Å². The largest absolute Gasteiger partial charge is 0.333 e. The van der Waals surface area contributed by atoms with Crippen molar-refractivity contribution in [2.45, 2.75) is 19.5 Å². The highest BCUT2D eigenvalue weighted by Gasteiger charge is 2.35. The zero-order valence-corrected chi connectivity index (χ0v) is 12.8. The van der Waals surface area contributed by atoms with E-state index >= 15 is 0 Å². The molecule has 3 saturated heterocycles. The number of aromatic nitrogens is 3. The van der Waals surface area contributed by atoms with Crippen LogP contribution in [0.5, 0.6) is 0 Å². The van der Waals surface area contributed by atoms with E-state index in [1.807, 2.05) is 6.92 Å². The highest BCUT2D eigenvalue weighted by molar-refractivity contribution is 7.15. The van der Waals surface area contributed by atoms with Gasteiger partial charge < -0.3 is 10.3 Å². The molecule has 0 aromatic carbocycles. The van der Waals surface area contributed by atoms with Gasteiger partial charge in [0.25, 0.3) is 5.89 Å².